The molecule has 1 aromatic heterocycles. The molecule has 0 saturated heterocycles. The average molecular weight is 271 g/mol. The molecule has 0 aliphatic heterocycles. The fourth-order valence-corrected chi connectivity index (χ4v) is 2.02. The first kappa shape index (κ1) is 12.1. The van der Waals surface area contributed by atoms with E-state index in [1.807, 2.05) is 30.1 Å². The van der Waals surface area contributed by atoms with Crippen LogP contribution in [-0.2, 0) is 13.6 Å². The van der Waals surface area contributed by atoms with Crippen LogP contribution in [0.1, 0.15) is 5.56 Å². The molecule has 0 amide bonds. The van der Waals surface area contributed by atoms with E-state index >= 15 is 0 Å². The molecule has 17 heavy (non-hydrogen) atoms. The van der Waals surface area contributed by atoms with Crippen molar-refractivity contribution >= 4 is 28.9 Å². The smallest absolute Gasteiger partial charge is 0.152 e. The molecule has 2 N–H and O–H groups in total. The molecule has 1 heterocycles. The van der Waals surface area contributed by atoms with Crippen molar-refractivity contribution in [1.82, 2.24) is 4.57 Å². The van der Waals surface area contributed by atoms with E-state index in [9.17, 15) is 5.11 Å². The highest BCUT2D eigenvalue weighted by atomic mass is 35.5. The zero-order chi connectivity index (χ0) is 12.4. The second-order valence-electron chi connectivity index (χ2n) is 3.83. The molecule has 2 aromatic rings. The molecule has 0 aliphatic carbocycles. The van der Waals surface area contributed by atoms with Crippen molar-refractivity contribution in [1.29, 1.82) is 0 Å². The number of nitrogens with one attached hydrogen (secondary N) is 1. The minimum atomic E-state index is -0.0846. The summed E-state index contributed by atoms with van der Waals surface area (Å²) >= 11 is 11.7. The molecular weight excluding hydrogens is 259 g/mol. The number of aromatic hydroxyl groups is 1. The first-order chi connectivity index (χ1) is 8.06. The molecule has 0 saturated carbocycles. The number of aromatic nitrogens is 1. The van der Waals surface area contributed by atoms with Crippen LogP contribution in [0.15, 0.2) is 30.6 Å². The van der Waals surface area contributed by atoms with Crippen LogP contribution in [0.25, 0.3) is 0 Å². The van der Waals surface area contributed by atoms with Gasteiger partial charge in [-0.05, 0) is 23.8 Å². The van der Waals surface area contributed by atoms with Crippen molar-refractivity contribution in [3.05, 3.63) is 46.2 Å². The second kappa shape index (κ2) is 4.90. The molecule has 3 nitrogen and oxygen atoms in total. The summed E-state index contributed by atoms with van der Waals surface area (Å²) in [6, 6.07) is 5.31. The normalized spacial score (nSPS) is 10.5. The Morgan fingerprint density at radius 1 is 1.29 bits per heavy atom. The lowest BCUT2D eigenvalue weighted by molar-refractivity contribution is 0.476. The Kier molecular flexibility index (Phi) is 3.50. The van der Waals surface area contributed by atoms with Crippen LogP contribution in [-0.4, -0.2) is 9.67 Å². The minimum Gasteiger partial charge on any atom is -0.505 e. The molecule has 0 bridgehead atoms. The summed E-state index contributed by atoms with van der Waals surface area (Å²) in [5, 5.41) is 13.1. The molecule has 90 valence electrons. The van der Waals surface area contributed by atoms with Crippen LogP contribution in [0.3, 0.4) is 0 Å². The zero-order valence-electron chi connectivity index (χ0n) is 9.24. The maximum Gasteiger partial charge on any atom is 0.152 e. The highest BCUT2D eigenvalue weighted by Crippen LogP contribution is 2.34. The minimum absolute atomic E-state index is 0.0846. The fourth-order valence-electron chi connectivity index (χ4n) is 1.54. The SMILES string of the molecule is Cn1ccc(CNc2cc(Cl)c(O)c(Cl)c2)c1. The summed E-state index contributed by atoms with van der Waals surface area (Å²) < 4.78 is 1.98. The summed E-state index contributed by atoms with van der Waals surface area (Å²) in [7, 11) is 1.97. The summed E-state index contributed by atoms with van der Waals surface area (Å²) in [5.41, 5.74) is 1.94. The highest BCUT2D eigenvalue weighted by molar-refractivity contribution is 6.37. The number of phenolic OH excluding ortho intramolecular Hbond substituents is 1. The Balaban J connectivity index is 2.09. The van der Waals surface area contributed by atoms with Gasteiger partial charge in [0, 0.05) is 31.7 Å². The third-order valence-corrected chi connectivity index (χ3v) is 2.98. The molecule has 0 aliphatic rings. The van der Waals surface area contributed by atoms with Crippen molar-refractivity contribution in [2.75, 3.05) is 5.32 Å². The topological polar surface area (TPSA) is 37.2 Å². The zero-order valence-corrected chi connectivity index (χ0v) is 10.8. The first-order valence-corrected chi connectivity index (χ1v) is 5.84. The van der Waals surface area contributed by atoms with E-state index in [0.29, 0.717) is 6.54 Å². The largest absolute Gasteiger partial charge is 0.505 e. The van der Waals surface area contributed by atoms with Gasteiger partial charge < -0.3 is 15.0 Å². The van der Waals surface area contributed by atoms with E-state index in [4.69, 9.17) is 23.2 Å². The Bertz CT molecular complexity index is 514. The third-order valence-electron chi connectivity index (χ3n) is 2.41. The van der Waals surface area contributed by atoms with Gasteiger partial charge in [0.2, 0.25) is 0 Å². The van der Waals surface area contributed by atoms with Gasteiger partial charge in [0.1, 0.15) is 0 Å². The maximum atomic E-state index is 9.42. The lowest BCUT2D eigenvalue weighted by Crippen LogP contribution is -1.98. The number of hydrogen-bond donors (Lipinski definition) is 2. The van der Waals surface area contributed by atoms with Crippen LogP contribution in [0.2, 0.25) is 10.0 Å². The van der Waals surface area contributed by atoms with Crippen LogP contribution in [0.5, 0.6) is 5.75 Å². The fraction of sp³-hybridized carbons (Fsp3) is 0.167. The van der Waals surface area contributed by atoms with Gasteiger partial charge in [0.15, 0.2) is 5.75 Å². The van der Waals surface area contributed by atoms with Crippen molar-refractivity contribution in [3.8, 4) is 5.75 Å². The lowest BCUT2D eigenvalue weighted by Gasteiger charge is -2.07. The lowest BCUT2D eigenvalue weighted by atomic mass is 10.2. The van der Waals surface area contributed by atoms with Crippen LogP contribution < -0.4 is 5.32 Å². The molecule has 2 rings (SSSR count). The monoisotopic (exact) mass is 270 g/mol. The quantitative estimate of drug-likeness (QED) is 0.836. The number of nitrogens with zero attached hydrogens (tertiary/aromatic N) is 1. The van der Waals surface area contributed by atoms with Gasteiger partial charge in [-0.15, -0.1) is 0 Å². The predicted octanol–water partition coefficient (Wildman–Crippen LogP) is 3.65. The average Bonchev–Trinajstić information content (AvgIpc) is 2.69. The number of halogens is 2. The van der Waals surface area contributed by atoms with Crippen molar-refractivity contribution in [3.63, 3.8) is 0 Å². The number of benzene rings is 1. The molecule has 0 fully saturated rings. The standard InChI is InChI=1S/C12H12Cl2N2O/c1-16-3-2-8(7-16)6-15-9-4-10(13)12(17)11(14)5-9/h2-5,7,15,17H,6H2,1H3. The van der Waals surface area contributed by atoms with Gasteiger partial charge in [-0.3, -0.25) is 0 Å². The number of hydrogen-bond acceptors (Lipinski definition) is 2. The summed E-state index contributed by atoms with van der Waals surface area (Å²) in [6.45, 7) is 0.679. The van der Waals surface area contributed by atoms with Crippen LogP contribution in [0, 0.1) is 0 Å². The third kappa shape index (κ3) is 2.87. The molecule has 0 spiro atoms. The van der Waals surface area contributed by atoms with Crippen LogP contribution in [0.4, 0.5) is 5.69 Å². The van der Waals surface area contributed by atoms with E-state index in [2.05, 4.69) is 5.32 Å². The van der Waals surface area contributed by atoms with E-state index in [0.717, 1.165) is 11.3 Å². The van der Waals surface area contributed by atoms with Crippen molar-refractivity contribution in [2.24, 2.45) is 7.05 Å². The Labute approximate surface area is 110 Å². The predicted molar refractivity (Wildman–Crippen MR) is 70.9 cm³/mol. The number of rotatable bonds is 3. The van der Waals surface area contributed by atoms with Gasteiger partial charge in [0.25, 0.3) is 0 Å². The molecule has 0 radical (unpaired) electrons. The van der Waals surface area contributed by atoms with Crippen LogP contribution >= 0.6 is 23.2 Å². The van der Waals surface area contributed by atoms with E-state index in [1.54, 1.807) is 12.1 Å². The van der Waals surface area contributed by atoms with Gasteiger partial charge in [-0.2, -0.15) is 0 Å². The Hall–Kier alpha value is -1.32. The summed E-state index contributed by atoms with van der Waals surface area (Å²) in [4.78, 5) is 0. The van der Waals surface area contributed by atoms with Gasteiger partial charge in [0.05, 0.1) is 10.0 Å². The van der Waals surface area contributed by atoms with Crippen molar-refractivity contribution < 1.29 is 5.11 Å². The van der Waals surface area contributed by atoms with Gasteiger partial charge in [-0.25, -0.2) is 0 Å². The van der Waals surface area contributed by atoms with E-state index < -0.39 is 0 Å². The Morgan fingerprint density at radius 2 is 1.94 bits per heavy atom. The number of phenols is 1. The maximum absolute atomic E-state index is 9.42. The van der Waals surface area contributed by atoms with Gasteiger partial charge >= 0.3 is 0 Å². The van der Waals surface area contributed by atoms with E-state index in [-0.39, 0.29) is 15.8 Å². The van der Waals surface area contributed by atoms with E-state index in [1.165, 1.54) is 0 Å². The van der Waals surface area contributed by atoms with Gasteiger partial charge in [-0.1, -0.05) is 23.2 Å². The molecule has 0 atom stereocenters. The number of aryl methyl sites for hydroxylation is 1. The first-order valence-electron chi connectivity index (χ1n) is 5.09. The second-order valence-corrected chi connectivity index (χ2v) is 4.64. The highest BCUT2D eigenvalue weighted by Gasteiger charge is 2.06. The Morgan fingerprint density at radius 3 is 2.47 bits per heavy atom. The van der Waals surface area contributed by atoms with Crippen molar-refractivity contribution in [2.45, 2.75) is 6.54 Å². The summed E-state index contributed by atoms with van der Waals surface area (Å²) in [6.07, 6.45) is 4.00. The summed E-state index contributed by atoms with van der Waals surface area (Å²) in [5.74, 6) is -0.0846. The number of anilines is 1. The molecular formula is C12H12Cl2N2O. The molecule has 0 unspecified atom stereocenters. The molecule has 5 heteroatoms. The molecule has 1 aromatic carbocycles.